The lowest BCUT2D eigenvalue weighted by molar-refractivity contribution is -0.111. The Morgan fingerprint density at radius 2 is 1.87 bits per heavy atom. The summed E-state index contributed by atoms with van der Waals surface area (Å²) < 4.78 is 68.3. The number of carbonyl (C=O) groups excluding carboxylic acids is 1. The van der Waals surface area contributed by atoms with Gasteiger partial charge in [-0.05, 0) is 24.3 Å². The normalized spacial score (nSPS) is 11.2. The fraction of sp³-hybridized carbons (Fsp3) is 0.263. The van der Waals surface area contributed by atoms with E-state index in [-0.39, 0.29) is 11.3 Å². The van der Waals surface area contributed by atoms with Gasteiger partial charge in [-0.1, -0.05) is 0 Å². The number of amides is 1. The molecule has 1 aromatic heterocycles. The van der Waals surface area contributed by atoms with Crippen molar-refractivity contribution in [3.05, 3.63) is 48.2 Å². The van der Waals surface area contributed by atoms with E-state index >= 15 is 0 Å². The smallest absolute Gasteiger partial charge is 0.387 e. The fourth-order valence-corrected chi connectivity index (χ4v) is 2.15. The Morgan fingerprint density at radius 1 is 1.10 bits per heavy atom. The van der Waals surface area contributed by atoms with Crippen molar-refractivity contribution in [1.29, 1.82) is 0 Å². The van der Waals surface area contributed by atoms with Crippen LogP contribution in [0.4, 0.5) is 23.2 Å². The highest BCUT2D eigenvalue weighted by Gasteiger charge is 2.12. The SMILES string of the molecule is COCCOc1ccc(NC(=O)/C=C/c2ccc(OC(F)F)cc2OC(F)F)cn1. The molecule has 0 aliphatic heterocycles. The van der Waals surface area contributed by atoms with Crippen LogP contribution in [0.5, 0.6) is 17.4 Å². The first-order valence-corrected chi connectivity index (χ1v) is 8.48. The van der Waals surface area contributed by atoms with Crippen molar-refractivity contribution < 1.29 is 41.3 Å². The van der Waals surface area contributed by atoms with Gasteiger partial charge >= 0.3 is 13.2 Å². The minimum Gasteiger partial charge on any atom is -0.475 e. The maximum absolute atomic E-state index is 12.6. The van der Waals surface area contributed by atoms with Crippen molar-refractivity contribution in [3.8, 4) is 17.4 Å². The number of hydrogen-bond acceptors (Lipinski definition) is 6. The summed E-state index contributed by atoms with van der Waals surface area (Å²) in [5, 5.41) is 2.52. The number of methoxy groups -OCH3 is 1. The highest BCUT2D eigenvalue weighted by molar-refractivity contribution is 6.02. The number of rotatable bonds is 11. The van der Waals surface area contributed by atoms with Crippen LogP contribution < -0.4 is 19.5 Å². The Hall–Kier alpha value is -3.34. The standard InChI is InChI=1S/C19H18F4N2O5/c1-27-8-9-28-17-7-4-13(11-24-17)25-16(26)6-3-12-2-5-14(29-18(20)21)10-15(12)30-19(22)23/h2-7,10-11,18-19H,8-9H2,1H3,(H,25,26)/b6-3+. The Labute approximate surface area is 169 Å². The molecule has 0 bridgehead atoms. The summed E-state index contributed by atoms with van der Waals surface area (Å²) in [4.78, 5) is 16.0. The predicted octanol–water partition coefficient (Wildman–Crippen LogP) is 3.96. The molecule has 0 aliphatic carbocycles. The zero-order valence-electron chi connectivity index (χ0n) is 15.7. The number of anilines is 1. The van der Waals surface area contributed by atoms with Gasteiger partial charge < -0.3 is 24.3 Å². The molecule has 2 rings (SSSR count). The lowest BCUT2D eigenvalue weighted by atomic mass is 10.1. The maximum Gasteiger partial charge on any atom is 0.387 e. The van der Waals surface area contributed by atoms with Crippen LogP contribution in [0.2, 0.25) is 0 Å². The van der Waals surface area contributed by atoms with Crippen LogP contribution in [0.15, 0.2) is 42.6 Å². The molecule has 30 heavy (non-hydrogen) atoms. The lowest BCUT2D eigenvalue weighted by Gasteiger charge is -2.11. The summed E-state index contributed by atoms with van der Waals surface area (Å²) in [5.41, 5.74) is 0.431. The highest BCUT2D eigenvalue weighted by Crippen LogP contribution is 2.28. The molecular weight excluding hydrogens is 412 g/mol. The number of nitrogens with zero attached hydrogens (tertiary/aromatic N) is 1. The van der Waals surface area contributed by atoms with Gasteiger partial charge in [-0.25, -0.2) is 4.98 Å². The largest absolute Gasteiger partial charge is 0.475 e. The number of benzene rings is 1. The first-order valence-electron chi connectivity index (χ1n) is 8.48. The highest BCUT2D eigenvalue weighted by atomic mass is 19.3. The van der Waals surface area contributed by atoms with Crippen molar-refractivity contribution in [1.82, 2.24) is 4.98 Å². The number of hydrogen-bond donors (Lipinski definition) is 1. The van der Waals surface area contributed by atoms with E-state index < -0.39 is 24.9 Å². The predicted molar refractivity (Wildman–Crippen MR) is 99.0 cm³/mol. The van der Waals surface area contributed by atoms with Crippen LogP contribution in [-0.2, 0) is 9.53 Å². The van der Waals surface area contributed by atoms with E-state index in [1.165, 1.54) is 25.4 Å². The number of ether oxygens (including phenoxy) is 4. The summed E-state index contributed by atoms with van der Waals surface area (Å²) in [6.45, 7) is -5.59. The van der Waals surface area contributed by atoms with Gasteiger partial charge in [0.2, 0.25) is 11.8 Å². The molecule has 162 valence electrons. The van der Waals surface area contributed by atoms with Crippen molar-refractivity contribution in [2.45, 2.75) is 13.2 Å². The summed E-state index contributed by atoms with van der Waals surface area (Å²) in [6.07, 6.45) is 3.62. The minimum atomic E-state index is -3.19. The number of pyridine rings is 1. The van der Waals surface area contributed by atoms with Gasteiger partial charge in [0.25, 0.3) is 0 Å². The van der Waals surface area contributed by atoms with Crippen molar-refractivity contribution in [2.24, 2.45) is 0 Å². The van der Waals surface area contributed by atoms with Gasteiger partial charge in [0.05, 0.1) is 18.5 Å². The van der Waals surface area contributed by atoms with Crippen LogP contribution in [0.25, 0.3) is 6.08 Å². The molecule has 0 atom stereocenters. The second-order valence-corrected chi connectivity index (χ2v) is 5.51. The number of alkyl halides is 4. The van der Waals surface area contributed by atoms with E-state index in [0.717, 1.165) is 18.2 Å². The quantitative estimate of drug-likeness (QED) is 0.330. The molecule has 1 N–H and O–H groups in total. The molecule has 2 aromatic rings. The number of aromatic nitrogens is 1. The third-order valence-corrected chi connectivity index (χ3v) is 3.38. The molecule has 0 saturated carbocycles. The van der Waals surface area contributed by atoms with Crippen LogP contribution >= 0.6 is 0 Å². The van der Waals surface area contributed by atoms with Crippen molar-refractivity contribution >= 4 is 17.7 Å². The Morgan fingerprint density at radius 3 is 2.50 bits per heavy atom. The molecule has 0 saturated heterocycles. The third-order valence-electron chi connectivity index (χ3n) is 3.38. The fourth-order valence-electron chi connectivity index (χ4n) is 2.15. The Balaban J connectivity index is 2.02. The van der Waals surface area contributed by atoms with E-state index in [1.807, 2.05) is 0 Å². The third kappa shape index (κ3) is 7.95. The monoisotopic (exact) mass is 430 g/mol. The minimum absolute atomic E-state index is 0.0621. The number of nitrogens with one attached hydrogen (secondary N) is 1. The van der Waals surface area contributed by atoms with Crippen LogP contribution in [0.3, 0.4) is 0 Å². The molecule has 7 nitrogen and oxygen atoms in total. The van der Waals surface area contributed by atoms with Crippen LogP contribution in [-0.4, -0.2) is 44.4 Å². The zero-order valence-corrected chi connectivity index (χ0v) is 15.7. The molecule has 11 heteroatoms. The van der Waals surface area contributed by atoms with Crippen LogP contribution in [0.1, 0.15) is 5.56 Å². The maximum atomic E-state index is 12.6. The lowest BCUT2D eigenvalue weighted by Crippen LogP contribution is -2.09. The van der Waals surface area contributed by atoms with Gasteiger partial charge in [-0.15, -0.1) is 0 Å². The van der Waals surface area contributed by atoms with Crippen molar-refractivity contribution in [2.75, 3.05) is 25.6 Å². The number of carbonyl (C=O) groups is 1. The van der Waals surface area contributed by atoms with E-state index in [9.17, 15) is 22.4 Å². The summed E-state index contributed by atoms with van der Waals surface area (Å²) >= 11 is 0. The average molecular weight is 430 g/mol. The molecule has 0 unspecified atom stereocenters. The number of halogens is 4. The van der Waals surface area contributed by atoms with E-state index in [4.69, 9.17) is 9.47 Å². The summed E-state index contributed by atoms with van der Waals surface area (Å²) in [7, 11) is 1.54. The second kappa shape index (κ2) is 11.6. The molecule has 1 heterocycles. The molecule has 1 aromatic carbocycles. The van der Waals surface area contributed by atoms with Crippen molar-refractivity contribution in [3.63, 3.8) is 0 Å². The first kappa shape index (κ1) is 22.9. The van der Waals surface area contributed by atoms with Gasteiger partial charge in [0.15, 0.2) is 0 Å². The Bertz CT molecular complexity index is 847. The molecule has 1 amide bonds. The van der Waals surface area contributed by atoms with E-state index in [1.54, 1.807) is 12.1 Å². The van der Waals surface area contributed by atoms with Crippen LogP contribution in [0, 0.1) is 0 Å². The summed E-state index contributed by atoms with van der Waals surface area (Å²) in [5.74, 6) is -1.02. The van der Waals surface area contributed by atoms with E-state index in [2.05, 4.69) is 19.8 Å². The van der Waals surface area contributed by atoms with Gasteiger partial charge in [0.1, 0.15) is 18.1 Å². The first-order chi connectivity index (χ1) is 14.4. The van der Waals surface area contributed by atoms with E-state index in [0.29, 0.717) is 24.8 Å². The topological polar surface area (TPSA) is 78.9 Å². The molecule has 0 fully saturated rings. The Kier molecular flexibility index (Phi) is 8.88. The van der Waals surface area contributed by atoms with Gasteiger partial charge in [-0.2, -0.15) is 17.6 Å². The zero-order chi connectivity index (χ0) is 21.9. The summed E-state index contributed by atoms with van der Waals surface area (Å²) in [6, 6.07) is 6.32. The second-order valence-electron chi connectivity index (χ2n) is 5.51. The molecule has 0 spiro atoms. The van der Waals surface area contributed by atoms with Gasteiger partial charge in [0, 0.05) is 30.9 Å². The average Bonchev–Trinajstić information content (AvgIpc) is 2.68. The van der Waals surface area contributed by atoms with Gasteiger partial charge in [-0.3, -0.25) is 4.79 Å². The molecule has 0 aliphatic rings. The molecule has 0 radical (unpaired) electrons. The molecular formula is C19H18F4N2O5.